The van der Waals surface area contributed by atoms with Gasteiger partial charge in [-0.15, -0.1) is 0 Å². The number of fused-ring (bicyclic) bond motifs is 2. The Hall–Kier alpha value is -0.820. The molecule has 2 aliphatic rings. The maximum atomic E-state index is 7.00. The highest BCUT2D eigenvalue weighted by molar-refractivity contribution is 4.97. The van der Waals surface area contributed by atoms with Gasteiger partial charge in [0.1, 0.15) is 0 Å². The maximum Gasteiger partial charge on any atom is 0.179 e. The zero-order chi connectivity index (χ0) is 12.8. The molecule has 0 aromatic carbocycles. The molecule has 0 aromatic heterocycles. The van der Waals surface area contributed by atoms with Crippen molar-refractivity contribution in [1.29, 1.82) is 0 Å². The van der Waals surface area contributed by atoms with Gasteiger partial charge in [0, 0.05) is 19.0 Å². The Balaban J connectivity index is 0.000000686. The van der Waals surface area contributed by atoms with Gasteiger partial charge >= 0.3 is 0 Å². The fourth-order valence-corrected chi connectivity index (χ4v) is 1.98. The molecule has 0 amide bonds. The average Bonchev–Trinajstić information content (AvgIpc) is 2.73. The fraction of sp³-hybridized carbons (Fsp3) is 0.818. The third-order valence-electron chi connectivity index (χ3n) is 2.98. The highest BCUT2D eigenvalue weighted by Gasteiger charge is 2.39. The van der Waals surface area contributed by atoms with Crippen LogP contribution in [0.15, 0.2) is 11.9 Å². The second-order valence-corrected chi connectivity index (χ2v) is 4.11. The molecule has 2 heterocycles. The van der Waals surface area contributed by atoms with Crippen molar-refractivity contribution in [2.24, 2.45) is 11.6 Å². The van der Waals surface area contributed by atoms with Crippen LogP contribution in [0, 0.1) is 0 Å². The molecule has 5 N–H and O–H groups in total. The standard InChI is InChI=1S/C10H19N3O2.CH4O/c1-2-7(11)5-13(12)9-4-3-8-6-14-10(9)15-8;1-2/h5,8-10H,2-4,6,11-12H2,1H3;2H,1H3/b7-5-;. The summed E-state index contributed by atoms with van der Waals surface area (Å²) in [6, 6.07) is 0.0915. The predicted molar refractivity (Wildman–Crippen MR) is 64.4 cm³/mol. The lowest BCUT2D eigenvalue weighted by Crippen LogP contribution is -2.47. The smallest absolute Gasteiger partial charge is 0.179 e. The molecule has 2 saturated heterocycles. The Morgan fingerprint density at radius 1 is 1.47 bits per heavy atom. The van der Waals surface area contributed by atoms with Crippen LogP contribution in [0.3, 0.4) is 0 Å². The van der Waals surface area contributed by atoms with E-state index in [0.29, 0.717) is 6.61 Å². The van der Waals surface area contributed by atoms with Gasteiger partial charge in [-0.25, -0.2) is 5.84 Å². The fourth-order valence-electron chi connectivity index (χ4n) is 1.98. The second kappa shape index (κ2) is 6.80. The lowest BCUT2D eigenvalue weighted by atomic mass is 10.1. The van der Waals surface area contributed by atoms with E-state index in [9.17, 15) is 0 Å². The molecular formula is C11H23N3O3. The molecule has 100 valence electrons. The summed E-state index contributed by atoms with van der Waals surface area (Å²) in [7, 11) is 1.00. The normalized spacial score (nSPS) is 31.8. The maximum absolute atomic E-state index is 7.00. The van der Waals surface area contributed by atoms with Gasteiger partial charge in [0.05, 0.1) is 18.8 Å². The van der Waals surface area contributed by atoms with Crippen LogP contribution in [-0.4, -0.2) is 42.3 Å². The van der Waals surface area contributed by atoms with E-state index < -0.39 is 0 Å². The number of allylic oxidation sites excluding steroid dienone is 1. The molecule has 0 radical (unpaired) electrons. The largest absolute Gasteiger partial charge is 0.401 e. The van der Waals surface area contributed by atoms with Crippen molar-refractivity contribution in [2.45, 2.75) is 44.6 Å². The van der Waals surface area contributed by atoms with E-state index in [1.54, 1.807) is 11.2 Å². The molecule has 2 fully saturated rings. The number of aliphatic hydroxyl groups is 1. The van der Waals surface area contributed by atoms with Crippen molar-refractivity contribution in [3.63, 3.8) is 0 Å². The van der Waals surface area contributed by atoms with Crippen LogP contribution in [-0.2, 0) is 9.47 Å². The van der Waals surface area contributed by atoms with Gasteiger partial charge in [-0.3, -0.25) is 0 Å². The lowest BCUT2D eigenvalue weighted by Gasteiger charge is -2.33. The highest BCUT2D eigenvalue weighted by Crippen LogP contribution is 2.29. The molecule has 2 aliphatic heterocycles. The first-order valence-electron chi connectivity index (χ1n) is 5.91. The van der Waals surface area contributed by atoms with E-state index in [-0.39, 0.29) is 18.4 Å². The number of rotatable bonds is 3. The van der Waals surface area contributed by atoms with Gasteiger partial charge in [0.15, 0.2) is 6.29 Å². The Kier molecular flexibility index (Phi) is 5.70. The Morgan fingerprint density at radius 3 is 2.82 bits per heavy atom. The number of hydrazine groups is 1. The minimum absolute atomic E-state index is 0.0915. The summed E-state index contributed by atoms with van der Waals surface area (Å²) in [6.07, 6.45) is 4.67. The van der Waals surface area contributed by atoms with Crippen molar-refractivity contribution in [2.75, 3.05) is 13.7 Å². The number of ether oxygens (including phenoxy) is 2. The molecule has 0 aliphatic carbocycles. The number of hydrogen-bond acceptors (Lipinski definition) is 6. The van der Waals surface area contributed by atoms with E-state index >= 15 is 0 Å². The van der Waals surface area contributed by atoms with Crippen LogP contribution in [0.1, 0.15) is 26.2 Å². The first kappa shape index (κ1) is 14.2. The molecule has 0 spiro atoms. The van der Waals surface area contributed by atoms with Crippen LogP contribution in [0.2, 0.25) is 0 Å². The molecule has 3 atom stereocenters. The van der Waals surface area contributed by atoms with Crippen LogP contribution < -0.4 is 11.6 Å². The summed E-state index contributed by atoms with van der Waals surface area (Å²) < 4.78 is 11.1. The van der Waals surface area contributed by atoms with Crippen molar-refractivity contribution in [1.82, 2.24) is 5.01 Å². The summed E-state index contributed by atoms with van der Waals surface area (Å²) in [6.45, 7) is 2.70. The predicted octanol–water partition coefficient (Wildman–Crippen LogP) is -0.115. The minimum atomic E-state index is -0.186. The molecule has 17 heavy (non-hydrogen) atoms. The SMILES string of the molecule is CC/C(N)=C/N(N)C1CCC2COC1O2.CO. The quantitative estimate of drug-likeness (QED) is 0.474. The molecule has 3 unspecified atom stereocenters. The van der Waals surface area contributed by atoms with E-state index in [1.807, 2.05) is 6.92 Å². The molecular weight excluding hydrogens is 222 g/mol. The van der Waals surface area contributed by atoms with E-state index in [0.717, 1.165) is 32.1 Å². The van der Waals surface area contributed by atoms with Crippen LogP contribution >= 0.6 is 0 Å². The molecule has 0 aromatic rings. The summed E-state index contributed by atoms with van der Waals surface area (Å²) >= 11 is 0. The van der Waals surface area contributed by atoms with Crippen LogP contribution in [0.25, 0.3) is 0 Å². The molecule has 2 bridgehead atoms. The molecule has 0 saturated carbocycles. The summed E-state index contributed by atoms with van der Waals surface area (Å²) in [4.78, 5) is 0. The van der Waals surface area contributed by atoms with Crippen LogP contribution in [0.4, 0.5) is 0 Å². The zero-order valence-corrected chi connectivity index (χ0v) is 10.5. The van der Waals surface area contributed by atoms with Gasteiger partial charge < -0.3 is 25.3 Å². The number of nitrogens with zero attached hydrogens (tertiary/aromatic N) is 1. The van der Waals surface area contributed by atoms with Crippen molar-refractivity contribution >= 4 is 0 Å². The van der Waals surface area contributed by atoms with Crippen molar-refractivity contribution < 1.29 is 14.6 Å². The Bertz CT molecular complexity index is 260. The van der Waals surface area contributed by atoms with Gasteiger partial charge in [-0.1, -0.05) is 6.92 Å². The topological polar surface area (TPSA) is 94.0 Å². The lowest BCUT2D eigenvalue weighted by molar-refractivity contribution is -0.125. The van der Waals surface area contributed by atoms with Gasteiger partial charge in [-0.2, -0.15) is 0 Å². The third-order valence-corrected chi connectivity index (χ3v) is 2.98. The van der Waals surface area contributed by atoms with Gasteiger partial charge in [0.25, 0.3) is 0 Å². The third kappa shape index (κ3) is 3.57. The zero-order valence-electron chi connectivity index (χ0n) is 10.5. The first-order chi connectivity index (χ1) is 8.20. The van der Waals surface area contributed by atoms with E-state index in [1.165, 1.54) is 0 Å². The van der Waals surface area contributed by atoms with Gasteiger partial charge in [0.2, 0.25) is 0 Å². The highest BCUT2D eigenvalue weighted by atomic mass is 16.7. The number of aliphatic hydroxyl groups excluding tert-OH is 1. The summed E-state index contributed by atoms with van der Waals surface area (Å²) in [5.74, 6) is 5.93. The summed E-state index contributed by atoms with van der Waals surface area (Å²) in [5, 5.41) is 8.63. The second-order valence-electron chi connectivity index (χ2n) is 4.11. The molecule has 2 rings (SSSR count). The van der Waals surface area contributed by atoms with E-state index in [2.05, 4.69) is 0 Å². The monoisotopic (exact) mass is 245 g/mol. The number of nitrogens with two attached hydrogens (primary N) is 2. The average molecular weight is 245 g/mol. The Labute approximate surface area is 102 Å². The summed E-state index contributed by atoms with van der Waals surface area (Å²) in [5.41, 5.74) is 6.51. The molecule has 6 nitrogen and oxygen atoms in total. The number of hydrogen-bond donors (Lipinski definition) is 3. The Morgan fingerprint density at radius 2 is 2.18 bits per heavy atom. The van der Waals surface area contributed by atoms with Gasteiger partial charge in [-0.05, 0) is 19.3 Å². The van der Waals surface area contributed by atoms with Crippen LogP contribution in [0.5, 0.6) is 0 Å². The molecule has 6 heteroatoms. The van der Waals surface area contributed by atoms with E-state index in [4.69, 9.17) is 26.2 Å². The van der Waals surface area contributed by atoms with Crippen molar-refractivity contribution in [3.05, 3.63) is 11.9 Å². The first-order valence-corrected chi connectivity index (χ1v) is 5.91. The van der Waals surface area contributed by atoms with Crippen molar-refractivity contribution in [3.8, 4) is 0 Å². The minimum Gasteiger partial charge on any atom is -0.401 e.